The number of para-hydroxylation sites is 1. The number of aromatic carboxylic acids is 1. The zero-order valence-corrected chi connectivity index (χ0v) is 21.2. The van der Waals surface area contributed by atoms with Gasteiger partial charge in [0.1, 0.15) is 5.75 Å². The zero-order chi connectivity index (χ0) is 26.8. The summed E-state index contributed by atoms with van der Waals surface area (Å²) < 4.78 is 0. The number of aromatic hydroxyl groups is 1. The molecule has 4 aromatic carbocycles. The molecule has 8 heteroatoms. The largest absolute Gasteiger partial charge is 0.505 e. The highest BCUT2D eigenvalue weighted by Gasteiger charge is 2.30. The van der Waals surface area contributed by atoms with Crippen molar-refractivity contribution in [1.29, 1.82) is 0 Å². The van der Waals surface area contributed by atoms with Crippen LogP contribution in [0.5, 0.6) is 5.75 Å². The highest BCUT2D eigenvalue weighted by Crippen LogP contribution is 2.41. The number of carboxylic acid groups (broad SMARTS) is 1. The van der Waals surface area contributed by atoms with Crippen LogP contribution < -0.4 is 10.7 Å². The number of phenolic OH excluding ortho intramolecular Hbond substituents is 1. The SMILES string of the molecule is CCCc1ccc(-c2c(Cl)ccc3c2NC(=O)C3=NNc2cccc(-c3cccc(C(=O)O)c3)c2O)cc1. The molecule has 0 aliphatic carbocycles. The van der Waals surface area contributed by atoms with Crippen LogP contribution in [0.1, 0.15) is 34.8 Å². The van der Waals surface area contributed by atoms with E-state index in [4.69, 9.17) is 11.6 Å². The van der Waals surface area contributed by atoms with E-state index in [-0.39, 0.29) is 22.7 Å². The molecule has 0 bridgehead atoms. The molecule has 38 heavy (non-hydrogen) atoms. The number of anilines is 2. The Labute approximate surface area is 224 Å². The highest BCUT2D eigenvalue weighted by atomic mass is 35.5. The van der Waals surface area contributed by atoms with Crippen LogP contribution in [0.15, 0.2) is 84.0 Å². The second-order valence-corrected chi connectivity index (χ2v) is 9.31. The minimum atomic E-state index is -1.06. The van der Waals surface area contributed by atoms with Crippen LogP contribution in [0.4, 0.5) is 11.4 Å². The van der Waals surface area contributed by atoms with Gasteiger partial charge in [-0.05, 0) is 53.4 Å². The molecule has 0 spiro atoms. The lowest BCUT2D eigenvalue weighted by Gasteiger charge is -2.11. The molecule has 7 nitrogen and oxygen atoms in total. The first-order valence-corrected chi connectivity index (χ1v) is 12.5. The van der Waals surface area contributed by atoms with Crippen molar-refractivity contribution in [2.75, 3.05) is 10.7 Å². The zero-order valence-electron chi connectivity index (χ0n) is 20.5. The van der Waals surface area contributed by atoms with Gasteiger partial charge >= 0.3 is 5.97 Å². The van der Waals surface area contributed by atoms with Crippen LogP contribution in [-0.4, -0.2) is 27.8 Å². The van der Waals surface area contributed by atoms with E-state index in [9.17, 15) is 19.8 Å². The normalized spacial score (nSPS) is 13.3. The predicted molar refractivity (Wildman–Crippen MR) is 150 cm³/mol. The van der Waals surface area contributed by atoms with Crippen molar-refractivity contribution in [1.82, 2.24) is 0 Å². The summed E-state index contributed by atoms with van der Waals surface area (Å²) in [5, 5.41) is 27.9. The van der Waals surface area contributed by atoms with E-state index in [0.717, 1.165) is 18.4 Å². The lowest BCUT2D eigenvalue weighted by Crippen LogP contribution is -2.16. The van der Waals surface area contributed by atoms with Crippen LogP contribution >= 0.6 is 11.6 Å². The lowest BCUT2D eigenvalue weighted by molar-refractivity contribution is -0.110. The number of rotatable bonds is 7. The van der Waals surface area contributed by atoms with Crippen molar-refractivity contribution in [2.24, 2.45) is 5.10 Å². The third-order valence-corrected chi connectivity index (χ3v) is 6.70. The first-order chi connectivity index (χ1) is 18.4. The third kappa shape index (κ3) is 4.71. The maximum atomic E-state index is 12.9. The molecule has 0 aromatic heterocycles. The topological polar surface area (TPSA) is 111 Å². The lowest BCUT2D eigenvalue weighted by atomic mass is 9.98. The van der Waals surface area contributed by atoms with Crippen LogP contribution in [-0.2, 0) is 11.2 Å². The van der Waals surface area contributed by atoms with Crippen molar-refractivity contribution in [3.63, 3.8) is 0 Å². The summed E-state index contributed by atoms with van der Waals surface area (Å²) in [4.78, 5) is 24.3. The summed E-state index contributed by atoms with van der Waals surface area (Å²) in [6, 6.07) is 22.8. The minimum Gasteiger partial charge on any atom is -0.505 e. The van der Waals surface area contributed by atoms with Crippen molar-refractivity contribution in [3.8, 4) is 28.0 Å². The number of benzene rings is 4. The molecule has 1 heterocycles. The fourth-order valence-electron chi connectivity index (χ4n) is 4.52. The molecular formula is C30H24ClN3O4. The van der Waals surface area contributed by atoms with Crippen molar-refractivity contribution >= 4 is 40.6 Å². The molecule has 4 N–H and O–H groups in total. The van der Waals surface area contributed by atoms with Crippen LogP contribution in [0.25, 0.3) is 22.3 Å². The van der Waals surface area contributed by atoms with E-state index in [2.05, 4.69) is 34.9 Å². The Balaban J connectivity index is 1.48. The molecule has 190 valence electrons. The number of hydrogen-bond acceptors (Lipinski definition) is 5. The maximum absolute atomic E-state index is 12.9. The van der Waals surface area contributed by atoms with Gasteiger partial charge in [0.25, 0.3) is 5.91 Å². The Hall–Kier alpha value is -4.62. The van der Waals surface area contributed by atoms with Crippen molar-refractivity contribution in [3.05, 3.63) is 101 Å². The summed E-state index contributed by atoms with van der Waals surface area (Å²) >= 11 is 6.56. The van der Waals surface area contributed by atoms with Gasteiger partial charge in [-0.25, -0.2) is 4.79 Å². The van der Waals surface area contributed by atoms with Crippen molar-refractivity contribution < 1.29 is 19.8 Å². The average molecular weight is 526 g/mol. The van der Waals surface area contributed by atoms with Crippen molar-refractivity contribution in [2.45, 2.75) is 19.8 Å². The molecule has 0 fully saturated rings. The number of carboxylic acids is 1. The molecule has 0 radical (unpaired) electrons. The van der Waals surface area contributed by atoms with Crippen LogP contribution in [0, 0.1) is 0 Å². The van der Waals surface area contributed by atoms with E-state index < -0.39 is 11.9 Å². The molecule has 0 saturated carbocycles. The summed E-state index contributed by atoms with van der Waals surface area (Å²) in [7, 11) is 0. The van der Waals surface area contributed by atoms with Crippen LogP contribution in [0.2, 0.25) is 5.02 Å². The molecule has 4 aromatic rings. The molecule has 1 aliphatic heterocycles. The van der Waals surface area contributed by atoms with Gasteiger partial charge in [0.15, 0.2) is 5.71 Å². The van der Waals surface area contributed by atoms with Crippen LogP contribution in [0.3, 0.4) is 0 Å². The number of nitrogens with one attached hydrogen (secondary N) is 2. The second kappa shape index (κ2) is 10.4. The Kier molecular flexibility index (Phi) is 6.85. The number of halogens is 1. The number of phenols is 1. The Morgan fingerprint density at radius 2 is 1.74 bits per heavy atom. The Morgan fingerprint density at radius 3 is 2.47 bits per heavy atom. The quantitative estimate of drug-likeness (QED) is 0.157. The summed E-state index contributed by atoms with van der Waals surface area (Å²) in [6.07, 6.45) is 2.04. The number of hydrazone groups is 1. The summed E-state index contributed by atoms with van der Waals surface area (Å²) in [5.74, 6) is -1.58. The van der Waals surface area contributed by atoms with Gasteiger partial charge in [0.05, 0.1) is 22.0 Å². The number of fused-ring (bicyclic) bond motifs is 1. The molecule has 0 saturated heterocycles. The summed E-state index contributed by atoms with van der Waals surface area (Å²) in [5.41, 5.74) is 8.27. The maximum Gasteiger partial charge on any atom is 0.335 e. The highest BCUT2D eigenvalue weighted by molar-refractivity contribution is 6.55. The van der Waals surface area contributed by atoms with E-state index in [1.165, 1.54) is 17.7 Å². The Morgan fingerprint density at radius 1 is 0.974 bits per heavy atom. The predicted octanol–water partition coefficient (Wildman–Crippen LogP) is 6.80. The van der Waals surface area contributed by atoms with Gasteiger partial charge in [-0.15, -0.1) is 0 Å². The number of nitrogens with zero attached hydrogens (tertiary/aromatic N) is 1. The van der Waals surface area contributed by atoms with Gasteiger partial charge < -0.3 is 15.5 Å². The monoisotopic (exact) mass is 525 g/mol. The second-order valence-electron chi connectivity index (χ2n) is 8.91. The fraction of sp³-hybridized carbons (Fsp3) is 0.100. The van der Waals surface area contributed by atoms with E-state index >= 15 is 0 Å². The fourth-order valence-corrected chi connectivity index (χ4v) is 4.79. The smallest absolute Gasteiger partial charge is 0.335 e. The van der Waals surface area contributed by atoms with Gasteiger partial charge in [-0.2, -0.15) is 5.10 Å². The van der Waals surface area contributed by atoms with E-state index in [1.54, 1.807) is 42.5 Å². The van der Waals surface area contributed by atoms with Gasteiger partial charge in [-0.3, -0.25) is 10.2 Å². The number of amides is 1. The van der Waals surface area contributed by atoms with Gasteiger partial charge in [-0.1, -0.05) is 73.5 Å². The number of carbonyl (C=O) groups is 2. The molecule has 1 aliphatic rings. The molecule has 0 unspecified atom stereocenters. The molecule has 0 atom stereocenters. The summed E-state index contributed by atoms with van der Waals surface area (Å²) in [6.45, 7) is 2.13. The first-order valence-electron chi connectivity index (χ1n) is 12.1. The standard InChI is InChI=1S/C30H24ClN3O4/c1-2-5-17-10-12-18(13-11-17)25-23(31)15-14-22-26(25)32-29(36)27(22)34-33-24-9-4-8-21(28(24)35)19-6-3-7-20(16-19)30(37)38/h3-4,6-16,33,35H,2,5H2,1H3,(H,37,38)(H,32,34,36). The van der Waals surface area contributed by atoms with Gasteiger partial charge in [0, 0.05) is 16.7 Å². The van der Waals surface area contributed by atoms with E-state index in [1.807, 2.05) is 12.1 Å². The van der Waals surface area contributed by atoms with Gasteiger partial charge in [0.2, 0.25) is 0 Å². The number of aryl methyl sites for hydroxylation is 1. The van der Waals surface area contributed by atoms with E-state index in [0.29, 0.717) is 33.0 Å². The number of carbonyl (C=O) groups excluding carboxylic acids is 1. The molecular weight excluding hydrogens is 502 g/mol. The molecule has 5 rings (SSSR count). The first kappa shape index (κ1) is 25.0. The average Bonchev–Trinajstić information content (AvgIpc) is 3.23. The third-order valence-electron chi connectivity index (χ3n) is 6.39. The Bertz CT molecular complexity index is 1600. The minimum absolute atomic E-state index is 0.106. The number of hydrogen-bond donors (Lipinski definition) is 4. The molecule has 1 amide bonds.